The Morgan fingerprint density at radius 2 is 1.73 bits per heavy atom. The molecule has 198 valence electrons. The summed E-state index contributed by atoms with van der Waals surface area (Å²) in [6.07, 6.45) is 5.31. The second-order valence-electron chi connectivity index (χ2n) is 9.44. The van der Waals surface area contributed by atoms with Gasteiger partial charge in [-0.05, 0) is 37.5 Å². The molecule has 0 fully saturated rings. The molecule has 2 amide bonds. The highest BCUT2D eigenvalue weighted by atomic mass is 16.5. The SMILES string of the molecule is CCCCCC(=O)N(CCCOC)CC(=O)N(Cc1ccccc1)Cc1coc2ccc(C)cc2c1=O. The van der Waals surface area contributed by atoms with Crippen LogP contribution >= 0.6 is 0 Å². The number of rotatable bonds is 14. The molecule has 0 N–H and O–H groups in total. The number of ether oxygens (including phenoxy) is 1. The number of hydrogen-bond acceptors (Lipinski definition) is 5. The van der Waals surface area contributed by atoms with Crippen LogP contribution in [0.5, 0.6) is 0 Å². The Morgan fingerprint density at radius 3 is 2.46 bits per heavy atom. The largest absolute Gasteiger partial charge is 0.464 e. The van der Waals surface area contributed by atoms with Crippen LogP contribution in [-0.2, 0) is 27.4 Å². The van der Waals surface area contributed by atoms with Crippen LogP contribution in [-0.4, -0.2) is 48.4 Å². The maximum atomic E-state index is 13.6. The third kappa shape index (κ3) is 8.29. The number of methoxy groups -OCH3 is 1. The van der Waals surface area contributed by atoms with Crippen molar-refractivity contribution in [3.05, 3.63) is 81.7 Å². The molecule has 0 radical (unpaired) electrons. The van der Waals surface area contributed by atoms with Crippen LogP contribution in [0, 0.1) is 6.92 Å². The standard InChI is InChI=1S/C30H38N2O5/c1-4-5-7-13-28(33)31(16-10-17-36-3)21-29(34)32(19-24-11-8-6-9-12-24)20-25-22-37-27-15-14-23(2)18-26(27)30(25)35/h6,8-9,11-12,14-15,18,22H,4-5,7,10,13,16-17,19-21H2,1-3H3. The highest BCUT2D eigenvalue weighted by Gasteiger charge is 2.23. The third-order valence-corrected chi connectivity index (χ3v) is 6.38. The van der Waals surface area contributed by atoms with E-state index in [1.54, 1.807) is 29.0 Å². The fourth-order valence-corrected chi connectivity index (χ4v) is 4.28. The molecule has 7 nitrogen and oxygen atoms in total. The highest BCUT2D eigenvalue weighted by Crippen LogP contribution is 2.16. The summed E-state index contributed by atoms with van der Waals surface area (Å²) in [5, 5.41) is 0.497. The summed E-state index contributed by atoms with van der Waals surface area (Å²) in [4.78, 5) is 43.1. The van der Waals surface area contributed by atoms with Crippen LogP contribution in [0.3, 0.4) is 0 Å². The second kappa shape index (κ2) is 14.3. The van der Waals surface area contributed by atoms with Gasteiger partial charge in [0.25, 0.3) is 0 Å². The van der Waals surface area contributed by atoms with E-state index < -0.39 is 0 Å². The molecule has 3 rings (SSSR count). The number of amides is 2. The number of carbonyl (C=O) groups is 2. The van der Waals surface area contributed by atoms with Crippen molar-refractivity contribution in [3.8, 4) is 0 Å². The van der Waals surface area contributed by atoms with Crippen molar-refractivity contribution in [2.24, 2.45) is 0 Å². The van der Waals surface area contributed by atoms with Crippen molar-refractivity contribution >= 4 is 22.8 Å². The third-order valence-electron chi connectivity index (χ3n) is 6.38. The van der Waals surface area contributed by atoms with Crippen molar-refractivity contribution < 1.29 is 18.7 Å². The minimum absolute atomic E-state index is 0.0294. The zero-order valence-corrected chi connectivity index (χ0v) is 22.2. The van der Waals surface area contributed by atoms with Gasteiger partial charge >= 0.3 is 0 Å². The van der Waals surface area contributed by atoms with Gasteiger partial charge in [-0.15, -0.1) is 0 Å². The molecule has 0 spiro atoms. The van der Waals surface area contributed by atoms with Gasteiger partial charge in [0.1, 0.15) is 5.58 Å². The average molecular weight is 507 g/mol. The van der Waals surface area contributed by atoms with Crippen LogP contribution in [0.25, 0.3) is 11.0 Å². The first-order valence-electron chi connectivity index (χ1n) is 13.0. The number of carbonyl (C=O) groups excluding carboxylic acids is 2. The monoisotopic (exact) mass is 506 g/mol. The zero-order valence-electron chi connectivity index (χ0n) is 22.2. The number of nitrogens with zero attached hydrogens (tertiary/aromatic N) is 2. The molecule has 0 aliphatic carbocycles. The normalized spacial score (nSPS) is 11.0. The molecular weight excluding hydrogens is 468 g/mol. The molecule has 0 saturated heterocycles. The summed E-state index contributed by atoms with van der Waals surface area (Å²) < 4.78 is 10.9. The number of unbranched alkanes of at least 4 members (excludes halogenated alkanes) is 2. The zero-order chi connectivity index (χ0) is 26.6. The van der Waals surface area contributed by atoms with Crippen molar-refractivity contribution in [2.45, 2.75) is 59.0 Å². The summed E-state index contributed by atoms with van der Waals surface area (Å²) in [7, 11) is 1.62. The maximum Gasteiger partial charge on any atom is 0.242 e. The van der Waals surface area contributed by atoms with E-state index in [0.29, 0.717) is 49.1 Å². The Morgan fingerprint density at radius 1 is 0.946 bits per heavy atom. The first kappa shape index (κ1) is 28.1. The lowest BCUT2D eigenvalue weighted by Gasteiger charge is -2.28. The van der Waals surface area contributed by atoms with Gasteiger partial charge in [0.05, 0.1) is 30.3 Å². The van der Waals surface area contributed by atoms with Gasteiger partial charge in [0, 0.05) is 33.2 Å². The Labute approximate surface area is 219 Å². The first-order valence-corrected chi connectivity index (χ1v) is 13.0. The van der Waals surface area contributed by atoms with Crippen LogP contribution in [0.1, 0.15) is 55.7 Å². The van der Waals surface area contributed by atoms with Gasteiger partial charge in [-0.3, -0.25) is 14.4 Å². The van der Waals surface area contributed by atoms with E-state index in [9.17, 15) is 14.4 Å². The number of aryl methyl sites for hydroxylation is 1. The molecule has 1 aromatic heterocycles. The van der Waals surface area contributed by atoms with Crippen molar-refractivity contribution in [3.63, 3.8) is 0 Å². The lowest BCUT2D eigenvalue weighted by atomic mass is 10.1. The number of fused-ring (bicyclic) bond motifs is 1. The van der Waals surface area contributed by atoms with E-state index in [0.717, 1.165) is 30.4 Å². The quantitative estimate of drug-likeness (QED) is 0.285. The minimum atomic E-state index is -0.214. The Bertz CT molecular complexity index is 1220. The Kier molecular flexibility index (Phi) is 10.9. The van der Waals surface area contributed by atoms with Gasteiger partial charge in [-0.25, -0.2) is 0 Å². The molecular formula is C30H38N2O5. The molecule has 1 heterocycles. The lowest BCUT2D eigenvalue weighted by molar-refractivity contribution is -0.141. The molecule has 0 unspecified atom stereocenters. The van der Waals surface area contributed by atoms with Gasteiger partial charge in [-0.1, -0.05) is 61.7 Å². The van der Waals surface area contributed by atoms with Gasteiger partial charge in [0.2, 0.25) is 11.8 Å². The molecule has 0 atom stereocenters. The predicted octanol–water partition coefficient (Wildman–Crippen LogP) is 5.08. The summed E-state index contributed by atoms with van der Waals surface area (Å²) in [5.74, 6) is -0.243. The topological polar surface area (TPSA) is 80.1 Å². The van der Waals surface area contributed by atoms with Crippen LogP contribution in [0.2, 0.25) is 0 Å². The Hall–Kier alpha value is -3.45. The summed E-state index contributed by atoms with van der Waals surface area (Å²) in [6, 6.07) is 15.1. The molecule has 37 heavy (non-hydrogen) atoms. The highest BCUT2D eigenvalue weighted by molar-refractivity contribution is 5.85. The minimum Gasteiger partial charge on any atom is -0.464 e. The fourth-order valence-electron chi connectivity index (χ4n) is 4.28. The second-order valence-corrected chi connectivity index (χ2v) is 9.44. The van der Waals surface area contributed by atoms with E-state index in [-0.39, 0.29) is 30.3 Å². The fraction of sp³-hybridized carbons (Fsp3) is 0.433. The first-order chi connectivity index (χ1) is 17.9. The molecule has 3 aromatic rings. The number of benzene rings is 2. The molecule has 0 bridgehead atoms. The predicted molar refractivity (Wildman–Crippen MR) is 145 cm³/mol. The van der Waals surface area contributed by atoms with E-state index >= 15 is 0 Å². The van der Waals surface area contributed by atoms with E-state index in [1.807, 2.05) is 43.3 Å². The van der Waals surface area contributed by atoms with Gasteiger partial charge in [0.15, 0.2) is 5.43 Å². The van der Waals surface area contributed by atoms with Crippen LogP contribution in [0.15, 0.2) is 64.0 Å². The van der Waals surface area contributed by atoms with E-state index in [4.69, 9.17) is 9.15 Å². The van der Waals surface area contributed by atoms with Gasteiger partial charge < -0.3 is 19.0 Å². The molecule has 2 aromatic carbocycles. The number of hydrogen-bond donors (Lipinski definition) is 0. The van der Waals surface area contributed by atoms with Crippen LogP contribution < -0.4 is 5.43 Å². The Balaban J connectivity index is 1.85. The maximum absolute atomic E-state index is 13.6. The van der Waals surface area contributed by atoms with E-state index in [2.05, 4.69) is 6.92 Å². The van der Waals surface area contributed by atoms with E-state index in [1.165, 1.54) is 6.26 Å². The smallest absolute Gasteiger partial charge is 0.242 e. The van der Waals surface area contributed by atoms with Crippen molar-refractivity contribution in [2.75, 3.05) is 26.8 Å². The van der Waals surface area contributed by atoms with Crippen molar-refractivity contribution in [1.82, 2.24) is 9.80 Å². The summed E-state index contributed by atoms with van der Waals surface area (Å²) >= 11 is 0. The molecule has 0 aliphatic heterocycles. The van der Waals surface area contributed by atoms with Gasteiger partial charge in [-0.2, -0.15) is 0 Å². The van der Waals surface area contributed by atoms with Crippen LogP contribution in [0.4, 0.5) is 0 Å². The summed E-state index contributed by atoms with van der Waals surface area (Å²) in [6.45, 7) is 5.35. The average Bonchev–Trinajstić information content (AvgIpc) is 2.90. The lowest BCUT2D eigenvalue weighted by Crippen LogP contribution is -2.43. The summed E-state index contributed by atoms with van der Waals surface area (Å²) in [5.41, 5.74) is 2.67. The van der Waals surface area contributed by atoms with Crippen molar-refractivity contribution in [1.29, 1.82) is 0 Å². The molecule has 7 heteroatoms. The molecule has 0 aliphatic rings. The molecule has 0 saturated carbocycles.